The van der Waals surface area contributed by atoms with E-state index in [2.05, 4.69) is 0 Å². The van der Waals surface area contributed by atoms with Crippen molar-refractivity contribution in [3.8, 4) is 11.5 Å². The van der Waals surface area contributed by atoms with Crippen molar-refractivity contribution in [2.24, 2.45) is 0 Å². The standard InChI is InChI=1S/C13H21FN2O2/c1-4-6-17-12-9-13(11(15)8-10(12)14)18-7-5-16(2)3/h8-9H,4-7,15H2,1-3H3. The van der Waals surface area contributed by atoms with Gasteiger partial charge in [0.1, 0.15) is 12.4 Å². The van der Waals surface area contributed by atoms with Gasteiger partial charge in [0.2, 0.25) is 0 Å². The maximum absolute atomic E-state index is 13.5. The van der Waals surface area contributed by atoms with Gasteiger partial charge in [0.05, 0.1) is 12.3 Å². The van der Waals surface area contributed by atoms with Crippen LogP contribution in [-0.4, -0.2) is 38.8 Å². The largest absolute Gasteiger partial charge is 0.490 e. The molecular weight excluding hydrogens is 235 g/mol. The zero-order valence-electron chi connectivity index (χ0n) is 11.2. The van der Waals surface area contributed by atoms with E-state index in [0.717, 1.165) is 13.0 Å². The Morgan fingerprint density at radius 3 is 2.44 bits per heavy atom. The van der Waals surface area contributed by atoms with Crippen molar-refractivity contribution in [2.45, 2.75) is 13.3 Å². The van der Waals surface area contributed by atoms with Crippen LogP contribution in [0.3, 0.4) is 0 Å². The van der Waals surface area contributed by atoms with Gasteiger partial charge in [-0.05, 0) is 20.5 Å². The number of hydrogen-bond donors (Lipinski definition) is 1. The molecule has 0 spiro atoms. The van der Waals surface area contributed by atoms with Crippen LogP contribution in [0.15, 0.2) is 12.1 Å². The molecule has 18 heavy (non-hydrogen) atoms. The summed E-state index contributed by atoms with van der Waals surface area (Å²) in [5, 5.41) is 0. The summed E-state index contributed by atoms with van der Waals surface area (Å²) in [5.41, 5.74) is 5.99. The Morgan fingerprint density at radius 1 is 1.17 bits per heavy atom. The normalized spacial score (nSPS) is 10.7. The molecule has 0 aliphatic heterocycles. The molecular formula is C13H21FN2O2. The molecule has 0 bridgehead atoms. The van der Waals surface area contributed by atoms with E-state index in [1.165, 1.54) is 12.1 Å². The van der Waals surface area contributed by atoms with Crippen molar-refractivity contribution in [3.63, 3.8) is 0 Å². The number of rotatable bonds is 7. The lowest BCUT2D eigenvalue weighted by Crippen LogP contribution is -2.19. The predicted octanol–water partition coefficient (Wildman–Crippen LogP) is 2.14. The average Bonchev–Trinajstić information content (AvgIpc) is 2.30. The van der Waals surface area contributed by atoms with Gasteiger partial charge < -0.3 is 20.1 Å². The Labute approximate surface area is 107 Å². The summed E-state index contributed by atoms with van der Waals surface area (Å²) < 4.78 is 24.3. The van der Waals surface area contributed by atoms with E-state index in [0.29, 0.717) is 19.0 Å². The Hall–Kier alpha value is -1.49. The minimum Gasteiger partial charge on any atom is -0.490 e. The van der Waals surface area contributed by atoms with Crippen LogP contribution in [0.4, 0.5) is 10.1 Å². The number of nitrogens with two attached hydrogens (primary N) is 1. The molecule has 0 amide bonds. The summed E-state index contributed by atoms with van der Waals surface area (Å²) in [6.07, 6.45) is 0.820. The highest BCUT2D eigenvalue weighted by Crippen LogP contribution is 2.30. The molecule has 0 saturated heterocycles. The van der Waals surface area contributed by atoms with Crippen molar-refractivity contribution in [2.75, 3.05) is 39.6 Å². The third-order valence-corrected chi connectivity index (χ3v) is 2.32. The van der Waals surface area contributed by atoms with Crippen LogP contribution in [0.5, 0.6) is 11.5 Å². The van der Waals surface area contributed by atoms with Gasteiger partial charge in [-0.2, -0.15) is 0 Å². The first-order valence-corrected chi connectivity index (χ1v) is 6.04. The predicted molar refractivity (Wildman–Crippen MR) is 70.6 cm³/mol. The van der Waals surface area contributed by atoms with Crippen LogP contribution in [0.1, 0.15) is 13.3 Å². The number of halogens is 1. The van der Waals surface area contributed by atoms with Gasteiger partial charge in [0.25, 0.3) is 0 Å². The molecule has 0 heterocycles. The Bertz CT molecular complexity index is 383. The van der Waals surface area contributed by atoms with E-state index in [1.807, 2.05) is 25.9 Å². The molecule has 1 aromatic rings. The smallest absolute Gasteiger partial charge is 0.167 e. The number of likely N-dealkylation sites (N-methyl/N-ethyl adjacent to an activating group) is 1. The lowest BCUT2D eigenvalue weighted by molar-refractivity contribution is 0.258. The Kier molecular flexibility index (Phi) is 5.71. The number of anilines is 1. The van der Waals surface area contributed by atoms with E-state index < -0.39 is 5.82 Å². The third-order valence-electron chi connectivity index (χ3n) is 2.32. The topological polar surface area (TPSA) is 47.7 Å². The van der Waals surface area contributed by atoms with Crippen LogP contribution in [0.25, 0.3) is 0 Å². The van der Waals surface area contributed by atoms with E-state index >= 15 is 0 Å². The molecule has 0 aliphatic carbocycles. The molecule has 5 heteroatoms. The van der Waals surface area contributed by atoms with Crippen molar-refractivity contribution in [1.29, 1.82) is 0 Å². The molecule has 0 aliphatic rings. The Morgan fingerprint density at radius 2 is 1.83 bits per heavy atom. The van der Waals surface area contributed by atoms with Gasteiger partial charge >= 0.3 is 0 Å². The fraction of sp³-hybridized carbons (Fsp3) is 0.538. The van der Waals surface area contributed by atoms with Gasteiger partial charge in [0, 0.05) is 18.7 Å². The zero-order valence-corrected chi connectivity index (χ0v) is 11.2. The van der Waals surface area contributed by atoms with E-state index in [-0.39, 0.29) is 11.4 Å². The first-order chi connectivity index (χ1) is 8.54. The number of benzene rings is 1. The van der Waals surface area contributed by atoms with Crippen molar-refractivity contribution in [1.82, 2.24) is 4.90 Å². The molecule has 102 valence electrons. The molecule has 1 aromatic carbocycles. The van der Waals surface area contributed by atoms with Gasteiger partial charge in [0.15, 0.2) is 11.6 Å². The maximum atomic E-state index is 13.5. The molecule has 2 N–H and O–H groups in total. The van der Waals surface area contributed by atoms with Crippen molar-refractivity contribution >= 4 is 5.69 Å². The van der Waals surface area contributed by atoms with E-state index in [9.17, 15) is 4.39 Å². The SMILES string of the molecule is CCCOc1cc(OCCN(C)C)c(N)cc1F. The second-order valence-electron chi connectivity index (χ2n) is 4.32. The average molecular weight is 256 g/mol. The Balaban J connectivity index is 2.71. The molecule has 0 atom stereocenters. The number of ether oxygens (including phenoxy) is 2. The number of hydrogen-bond acceptors (Lipinski definition) is 4. The fourth-order valence-corrected chi connectivity index (χ4v) is 1.34. The lowest BCUT2D eigenvalue weighted by Gasteiger charge is -2.14. The molecule has 0 unspecified atom stereocenters. The van der Waals surface area contributed by atoms with Crippen LogP contribution in [-0.2, 0) is 0 Å². The summed E-state index contributed by atoms with van der Waals surface area (Å²) >= 11 is 0. The van der Waals surface area contributed by atoms with Crippen LogP contribution in [0, 0.1) is 5.82 Å². The monoisotopic (exact) mass is 256 g/mol. The maximum Gasteiger partial charge on any atom is 0.167 e. The molecule has 0 fully saturated rings. The fourth-order valence-electron chi connectivity index (χ4n) is 1.34. The molecule has 0 aromatic heterocycles. The molecule has 4 nitrogen and oxygen atoms in total. The summed E-state index contributed by atoms with van der Waals surface area (Å²) in [6, 6.07) is 2.74. The third kappa shape index (κ3) is 4.41. The lowest BCUT2D eigenvalue weighted by atomic mass is 10.2. The van der Waals surface area contributed by atoms with Gasteiger partial charge in [-0.1, -0.05) is 6.92 Å². The minimum atomic E-state index is -0.457. The van der Waals surface area contributed by atoms with Crippen molar-refractivity contribution < 1.29 is 13.9 Å². The second kappa shape index (κ2) is 7.06. The van der Waals surface area contributed by atoms with Crippen LogP contribution >= 0.6 is 0 Å². The minimum absolute atomic E-state index is 0.186. The second-order valence-corrected chi connectivity index (χ2v) is 4.32. The highest BCUT2D eigenvalue weighted by Gasteiger charge is 2.10. The summed E-state index contributed by atoms with van der Waals surface area (Å²) in [7, 11) is 3.90. The van der Waals surface area contributed by atoms with Gasteiger partial charge in [-0.25, -0.2) is 4.39 Å². The number of nitrogen functional groups attached to an aromatic ring is 1. The highest BCUT2D eigenvalue weighted by atomic mass is 19.1. The van der Waals surface area contributed by atoms with Crippen LogP contribution < -0.4 is 15.2 Å². The quantitative estimate of drug-likeness (QED) is 0.759. The van der Waals surface area contributed by atoms with Gasteiger partial charge in [-0.15, -0.1) is 0 Å². The molecule has 1 rings (SSSR count). The molecule has 0 saturated carbocycles. The number of nitrogens with zero attached hydrogens (tertiary/aromatic N) is 1. The van der Waals surface area contributed by atoms with E-state index in [4.69, 9.17) is 15.2 Å². The zero-order chi connectivity index (χ0) is 13.5. The summed E-state index contributed by atoms with van der Waals surface area (Å²) in [5.74, 6) is 0.191. The van der Waals surface area contributed by atoms with E-state index in [1.54, 1.807) is 0 Å². The first kappa shape index (κ1) is 14.6. The first-order valence-electron chi connectivity index (χ1n) is 6.04. The molecule has 0 radical (unpaired) electrons. The van der Waals surface area contributed by atoms with Gasteiger partial charge in [-0.3, -0.25) is 0 Å². The summed E-state index contributed by atoms with van der Waals surface area (Å²) in [4.78, 5) is 1.99. The van der Waals surface area contributed by atoms with Crippen LogP contribution in [0.2, 0.25) is 0 Å². The summed E-state index contributed by atoms with van der Waals surface area (Å²) in [6.45, 7) is 3.69. The highest BCUT2D eigenvalue weighted by molar-refractivity contribution is 5.56. The van der Waals surface area contributed by atoms with Crippen molar-refractivity contribution in [3.05, 3.63) is 17.9 Å².